The zero-order chi connectivity index (χ0) is 32.1. The van der Waals surface area contributed by atoms with Gasteiger partial charge in [-0.1, -0.05) is 0 Å². The molecule has 15 nitrogen and oxygen atoms in total. The predicted octanol–water partition coefficient (Wildman–Crippen LogP) is 0.579. The summed E-state index contributed by atoms with van der Waals surface area (Å²) in [6.45, 7) is 16.7. The van der Waals surface area contributed by atoms with Gasteiger partial charge in [0.05, 0.1) is 20.0 Å². The predicted molar refractivity (Wildman–Crippen MR) is 164 cm³/mol. The first-order chi connectivity index (χ1) is 19.5. The van der Waals surface area contributed by atoms with Crippen LogP contribution in [-0.4, -0.2) is 198 Å². The van der Waals surface area contributed by atoms with Crippen molar-refractivity contribution in [3.05, 3.63) is 0 Å². The molecule has 2 aliphatic rings. The smallest absolute Gasteiger partial charge is 0.131 e. The lowest BCUT2D eigenvalue weighted by Crippen LogP contribution is -2.62. The number of hydrogen-bond donors (Lipinski definition) is 0. The normalized spacial score (nSPS) is 22.6. The molecule has 0 aromatic heterocycles. The highest BCUT2D eigenvalue weighted by atomic mass is 16.7. The fraction of sp³-hybridized carbons (Fsp3) is 1.00. The van der Waals surface area contributed by atoms with Crippen LogP contribution in [-0.2, 0) is 24.2 Å². The number of hydrogen-bond acceptors (Lipinski definition) is 15. The Labute approximate surface area is 256 Å². The van der Waals surface area contributed by atoms with Crippen LogP contribution >= 0.6 is 0 Å². The van der Waals surface area contributed by atoms with Gasteiger partial charge in [0, 0.05) is 96.7 Å². The maximum atomic E-state index is 5.81. The fourth-order valence-corrected chi connectivity index (χ4v) is 4.85. The highest BCUT2D eigenvalue weighted by Gasteiger charge is 2.33. The van der Waals surface area contributed by atoms with Crippen molar-refractivity contribution in [3.63, 3.8) is 0 Å². The van der Waals surface area contributed by atoms with E-state index in [1.807, 2.05) is 70.5 Å². The fourth-order valence-electron chi connectivity index (χ4n) is 4.85. The lowest BCUT2D eigenvalue weighted by Gasteiger charge is -2.48. The summed E-state index contributed by atoms with van der Waals surface area (Å²) in [5.74, 6) is 0. The Morgan fingerprint density at radius 3 is 0.667 bits per heavy atom. The third-order valence-corrected chi connectivity index (χ3v) is 6.83. The molecule has 0 aliphatic carbocycles. The number of hydroxylamine groups is 10. The Balaban J connectivity index is 0.000000437. The second-order valence-corrected chi connectivity index (χ2v) is 11.8. The molecular formula is C27H64N10O5. The summed E-state index contributed by atoms with van der Waals surface area (Å²) in [4.78, 5) is 40.2. The Morgan fingerprint density at radius 2 is 0.500 bits per heavy atom. The minimum absolute atomic E-state index is 0.0524. The minimum atomic E-state index is -0.0524. The van der Waals surface area contributed by atoms with E-state index in [1.165, 1.54) is 0 Å². The largest absolute Gasteiger partial charge is 0.281 e. The van der Waals surface area contributed by atoms with Crippen LogP contribution in [0.3, 0.4) is 0 Å². The summed E-state index contributed by atoms with van der Waals surface area (Å²) in [6, 6.07) is 0. The standard InChI is InChI=1S/C15H36N6O3.C12H28N4O2/c1-13(22-16(4)5)19-10-20(14(2)23-17(6)7)12-21(11-19)15(3)24-18(8)9;1-11(17-13(3)4)15-7-9-16(10-8-15)12(2)18-14(5)6/h13-15H,10-12H2,1-9H3;11-12H,7-10H2,1-6H3. The summed E-state index contributed by atoms with van der Waals surface area (Å²) < 4.78 is 0. The molecule has 0 spiro atoms. The van der Waals surface area contributed by atoms with Gasteiger partial charge in [0.2, 0.25) is 0 Å². The van der Waals surface area contributed by atoms with Crippen molar-refractivity contribution in [1.82, 2.24) is 49.8 Å². The second-order valence-electron chi connectivity index (χ2n) is 11.8. The van der Waals surface area contributed by atoms with Gasteiger partial charge in [0.15, 0.2) is 0 Å². The van der Waals surface area contributed by atoms with E-state index in [0.29, 0.717) is 0 Å². The van der Waals surface area contributed by atoms with Crippen molar-refractivity contribution in [2.24, 2.45) is 0 Å². The average Bonchev–Trinajstić information content (AvgIpc) is 2.87. The summed E-state index contributed by atoms with van der Waals surface area (Å²) in [7, 11) is 19.0. The van der Waals surface area contributed by atoms with E-state index < -0.39 is 0 Å². The van der Waals surface area contributed by atoms with Crippen molar-refractivity contribution < 1.29 is 24.2 Å². The van der Waals surface area contributed by atoms with Crippen molar-refractivity contribution in [3.8, 4) is 0 Å². The van der Waals surface area contributed by atoms with Crippen molar-refractivity contribution >= 4 is 0 Å². The SMILES string of the molecule is CC(ON(C)C)N1CCN(C(C)ON(C)C)CC1.CC(ON(C)C)N1CN(C(C)ON(C)C)CN(C(C)ON(C)C)C1. The topological polar surface area (TPSA) is 78.6 Å². The van der Waals surface area contributed by atoms with E-state index in [2.05, 4.69) is 59.1 Å². The molecule has 0 aromatic rings. The first-order valence-corrected chi connectivity index (χ1v) is 14.9. The molecule has 0 amide bonds. The lowest BCUT2D eigenvalue weighted by atomic mass is 10.3. The molecule has 2 fully saturated rings. The van der Waals surface area contributed by atoms with Crippen molar-refractivity contribution in [2.45, 2.75) is 65.8 Å². The van der Waals surface area contributed by atoms with Gasteiger partial charge < -0.3 is 0 Å². The molecule has 42 heavy (non-hydrogen) atoms. The van der Waals surface area contributed by atoms with E-state index in [9.17, 15) is 0 Å². The maximum Gasteiger partial charge on any atom is 0.131 e. The Hall–Kier alpha value is -0.600. The number of rotatable bonds is 15. The maximum absolute atomic E-state index is 5.81. The highest BCUT2D eigenvalue weighted by Crippen LogP contribution is 2.18. The van der Waals surface area contributed by atoms with E-state index in [-0.39, 0.29) is 31.1 Å². The second kappa shape index (κ2) is 19.7. The van der Waals surface area contributed by atoms with Crippen LogP contribution in [0, 0.1) is 0 Å². The van der Waals surface area contributed by atoms with Crippen LogP contribution in [0.25, 0.3) is 0 Å². The molecule has 2 rings (SSSR count). The Morgan fingerprint density at radius 1 is 0.333 bits per heavy atom. The van der Waals surface area contributed by atoms with E-state index in [4.69, 9.17) is 24.2 Å². The number of nitrogens with zero attached hydrogens (tertiary/aromatic N) is 10. The third-order valence-electron chi connectivity index (χ3n) is 6.83. The van der Waals surface area contributed by atoms with Gasteiger partial charge in [-0.05, 0) is 34.6 Å². The highest BCUT2D eigenvalue weighted by molar-refractivity contribution is 4.74. The van der Waals surface area contributed by atoms with Crippen LogP contribution in [0.2, 0.25) is 0 Å². The van der Waals surface area contributed by atoms with E-state index in [0.717, 1.165) is 46.2 Å². The molecule has 5 atom stereocenters. The molecule has 0 N–H and O–H groups in total. The first-order valence-electron chi connectivity index (χ1n) is 14.9. The van der Waals surface area contributed by atoms with Gasteiger partial charge in [0.1, 0.15) is 31.1 Å². The molecule has 2 aliphatic heterocycles. The van der Waals surface area contributed by atoms with Crippen molar-refractivity contribution in [1.29, 1.82) is 0 Å². The zero-order valence-electron chi connectivity index (χ0n) is 29.3. The molecule has 0 bridgehead atoms. The summed E-state index contributed by atoms with van der Waals surface area (Å²) in [5.41, 5.74) is 0. The van der Waals surface area contributed by atoms with E-state index in [1.54, 1.807) is 25.3 Å². The Kier molecular flexibility index (Phi) is 18.5. The molecule has 0 radical (unpaired) electrons. The molecule has 0 saturated carbocycles. The van der Waals surface area contributed by atoms with Crippen LogP contribution in [0.1, 0.15) is 34.6 Å². The molecule has 252 valence electrons. The minimum Gasteiger partial charge on any atom is -0.281 e. The summed E-state index contributed by atoms with van der Waals surface area (Å²) in [5, 5.41) is 8.71. The zero-order valence-corrected chi connectivity index (χ0v) is 29.3. The molecular weight excluding hydrogens is 544 g/mol. The molecule has 0 aromatic carbocycles. The van der Waals surface area contributed by atoms with Gasteiger partial charge in [-0.3, -0.25) is 48.7 Å². The van der Waals surface area contributed by atoms with Crippen molar-refractivity contribution in [2.75, 3.05) is 117 Å². The van der Waals surface area contributed by atoms with Crippen LogP contribution in [0.15, 0.2) is 0 Å². The molecule has 15 heteroatoms. The lowest BCUT2D eigenvalue weighted by molar-refractivity contribution is -0.289. The van der Waals surface area contributed by atoms with Crippen LogP contribution in [0.5, 0.6) is 0 Å². The van der Waals surface area contributed by atoms with Gasteiger partial charge in [0.25, 0.3) is 0 Å². The van der Waals surface area contributed by atoms with Gasteiger partial charge in [-0.15, -0.1) is 0 Å². The first kappa shape index (κ1) is 39.4. The monoisotopic (exact) mass is 609 g/mol. The summed E-state index contributed by atoms with van der Waals surface area (Å²) >= 11 is 0. The average molecular weight is 609 g/mol. The van der Waals surface area contributed by atoms with Gasteiger partial charge in [-0.25, -0.2) is 0 Å². The third kappa shape index (κ3) is 15.4. The number of piperazine rings is 1. The van der Waals surface area contributed by atoms with E-state index >= 15 is 0 Å². The molecule has 5 unspecified atom stereocenters. The van der Waals surface area contributed by atoms with Gasteiger partial charge in [-0.2, -0.15) is 25.3 Å². The van der Waals surface area contributed by atoms with Gasteiger partial charge >= 0.3 is 0 Å². The van der Waals surface area contributed by atoms with Crippen LogP contribution < -0.4 is 0 Å². The quantitative estimate of drug-likeness (QED) is 0.243. The molecule has 2 heterocycles. The Bertz CT molecular complexity index is 618. The van der Waals surface area contributed by atoms with Crippen LogP contribution in [0.4, 0.5) is 0 Å². The summed E-state index contributed by atoms with van der Waals surface area (Å²) in [6.07, 6.45) is 0.106. The molecule has 2 saturated heterocycles.